The molecule has 0 aliphatic carbocycles. The molecule has 0 aromatic heterocycles. The lowest BCUT2D eigenvalue weighted by atomic mass is 10.1. The molecule has 0 radical (unpaired) electrons. The van der Waals surface area contributed by atoms with Crippen molar-refractivity contribution in [2.45, 2.75) is 57.2 Å². The number of nitrogens with one attached hydrogen (secondary N) is 1. The third-order valence-electron chi connectivity index (χ3n) is 2.96. The molecule has 1 N–H and O–H groups in total. The summed E-state index contributed by atoms with van der Waals surface area (Å²) < 4.78 is 0. The summed E-state index contributed by atoms with van der Waals surface area (Å²) in [6.07, 6.45) is 3.06. The zero-order valence-electron chi connectivity index (χ0n) is 11.5. The highest BCUT2D eigenvalue weighted by Crippen LogP contribution is 2.18. The fourth-order valence-electron chi connectivity index (χ4n) is 2.03. The largest absolute Gasteiger partial charge is 0.354 e. The summed E-state index contributed by atoms with van der Waals surface area (Å²) in [6.45, 7) is 4.30. The summed E-state index contributed by atoms with van der Waals surface area (Å²) in [5.74, 6) is -0.271. The SMILES string of the molecule is CC(C)NC(=O)CCCCCN1C(=O)CC(S)C1=O. The van der Waals surface area contributed by atoms with Crippen molar-refractivity contribution in [3.8, 4) is 0 Å². The quantitative estimate of drug-likeness (QED) is 0.419. The molecule has 1 heterocycles. The minimum atomic E-state index is -0.468. The van der Waals surface area contributed by atoms with Gasteiger partial charge in [-0.1, -0.05) is 6.42 Å². The monoisotopic (exact) mass is 286 g/mol. The van der Waals surface area contributed by atoms with Gasteiger partial charge in [0.15, 0.2) is 0 Å². The van der Waals surface area contributed by atoms with Crippen molar-refractivity contribution >= 4 is 30.4 Å². The average molecular weight is 286 g/mol. The van der Waals surface area contributed by atoms with Crippen LogP contribution in [0.4, 0.5) is 0 Å². The second-order valence-corrected chi connectivity index (χ2v) is 5.76. The smallest absolute Gasteiger partial charge is 0.242 e. The Morgan fingerprint density at radius 3 is 2.58 bits per heavy atom. The number of hydrogen-bond acceptors (Lipinski definition) is 4. The minimum Gasteiger partial charge on any atom is -0.354 e. The van der Waals surface area contributed by atoms with Crippen LogP contribution in [0.5, 0.6) is 0 Å². The van der Waals surface area contributed by atoms with E-state index in [1.54, 1.807) is 0 Å². The van der Waals surface area contributed by atoms with Crippen molar-refractivity contribution in [1.29, 1.82) is 0 Å². The van der Waals surface area contributed by atoms with Crippen LogP contribution in [-0.2, 0) is 14.4 Å². The van der Waals surface area contributed by atoms with Crippen LogP contribution in [0, 0.1) is 0 Å². The Hall–Kier alpha value is -1.04. The summed E-state index contributed by atoms with van der Waals surface area (Å²) in [5, 5.41) is 2.36. The predicted molar refractivity (Wildman–Crippen MR) is 75.9 cm³/mol. The van der Waals surface area contributed by atoms with Crippen LogP contribution in [0.1, 0.15) is 46.0 Å². The van der Waals surface area contributed by atoms with Crippen LogP contribution in [0.3, 0.4) is 0 Å². The predicted octanol–water partition coefficient (Wildman–Crippen LogP) is 1.13. The molecule has 1 saturated heterocycles. The zero-order chi connectivity index (χ0) is 14.4. The van der Waals surface area contributed by atoms with Crippen LogP contribution in [0.2, 0.25) is 0 Å². The third-order valence-corrected chi connectivity index (χ3v) is 3.36. The van der Waals surface area contributed by atoms with E-state index in [4.69, 9.17) is 0 Å². The Labute approximate surface area is 119 Å². The molecule has 0 aromatic carbocycles. The van der Waals surface area contributed by atoms with Crippen molar-refractivity contribution in [2.24, 2.45) is 0 Å². The van der Waals surface area contributed by atoms with E-state index >= 15 is 0 Å². The summed E-state index contributed by atoms with van der Waals surface area (Å²) >= 11 is 4.06. The maximum Gasteiger partial charge on any atom is 0.242 e. The van der Waals surface area contributed by atoms with E-state index in [-0.39, 0.29) is 30.2 Å². The van der Waals surface area contributed by atoms with E-state index in [2.05, 4.69) is 17.9 Å². The normalized spacial score (nSPS) is 19.4. The number of hydrogen-bond donors (Lipinski definition) is 2. The van der Waals surface area contributed by atoms with Crippen molar-refractivity contribution in [1.82, 2.24) is 10.2 Å². The number of rotatable bonds is 7. The Morgan fingerprint density at radius 2 is 2.05 bits per heavy atom. The molecule has 19 heavy (non-hydrogen) atoms. The molecule has 0 aromatic rings. The van der Waals surface area contributed by atoms with Crippen molar-refractivity contribution < 1.29 is 14.4 Å². The van der Waals surface area contributed by atoms with Gasteiger partial charge in [0.1, 0.15) is 0 Å². The molecule has 0 saturated carbocycles. The van der Waals surface area contributed by atoms with Crippen molar-refractivity contribution in [3.63, 3.8) is 0 Å². The van der Waals surface area contributed by atoms with Gasteiger partial charge in [-0.15, -0.1) is 0 Å². The first-order chi connectivity index (χ1) is 8.91. The fraction of sp³-hybridized carbons (Fsp3) is 0.769. The minimum absolute atomic E-state index is 0.0544. The maximum absolute atomic E-state index is 11.6. The first kappa shape index (κ1) is 16.0. The number of carbonyl (C=O) groups is 3. The van der Waals surface area contributed by atoms with E-state index < -0.39 is 5.25 Å². The molecular weight excluding hydrogens is 264 g/mol. The van der Waals surface area contributed by atoms with Gasteiger partial charge >= 0.3 is 0 Å². The molecule has 1 aliphatic rings. The molecule has 6 heteroatoms. The van der Waals surface area contributed by atoms with Crippen molar-refractivity contribution in [2.75, 3.05) is 6.54 Å². The van der Waals surface area contributed by atoms with Crippen LogP contribution in [0.25, 0.3) is 0 Å². The maximum atomic E-state index is 11.6. The van der Waals surface area contributed by atoms with Gasteiger partial charge in [-0.25, -0.2) is 0 Å². The molecule has 3 amide bonds. The van der Waals surface area contributed by atoms with Gasteiger partial charge in [-0.05, 0) is 26.7 Å². The van der Waals surface area contributed by atoms with E-state index in [1.165, 1.54) is 4.90 Å². The molecule has 1 aliphatic heterocycles. The molecule has 0 bridgehead atoms. The van der Waals surface area contributed by atoms with Crippen molar-refractivity contribution in [3.05, 3.63) is 0 Å². The van der Waals surface area contributed by atoms with Gasteiger partial charge in [0.05, 0.1) is 5.25 Å². The molecule has 1 unspecified atom stereocenters. The lowest BCUT2D eigenvalue weighted by Gasteiger charge is -2.13. The molecule has 108 valence electrons. The Kier molecular flexibility index (Phi) is 6.34. The number of thiol groups is 1. The summed E-state index contributed by atoms with van der Waals surface area (Å²) in [7, 11) is 0. The second-order valence-electron chi connectivity index (χ2n) is 5.14. The fourth-order valence-corrected chi connectivity index (χ4v) is 2.32. The van der Waals surface area contributed by atoms with Gasteiger partial charge in [-0.3, -0.25) is 19.3 Å². The van der Waals surface area contributed by atoms with Crippen LogP contribution < -0.4 is 5.32 Å². The lowest BCUT2D eigenvalue weighted by Crippen LogP contribution is -2.32. The highest BCUT2D eigenvalue weighted by Gasteiger charge is 2.35. The Balaban J connectivity index is 2.13. The zero-order valence-corrected chi connectivity index (χ0v) is 12.4. The Bertz CT molecular complexity index is 358. The first-order valence-corrected chi connectivity index (χ1v) is 7.25. The first-order valence-electron chi connectivity index (χ1n) is 6.73. The van der Waals surface area contributed by atoms with E-state index in [0.29, 0.717) is 13.0 Å². The number of likely N-dealkylation sites (tertiary alicyclic amines) is 1. The average Bonchev–Trinajstić information content (AvgIpc) is 2.53. The Morgan fingerprint density at radius 1 is 1.37 bits per heavy atom. The van der Waals surface area contributed by atoms with Crippen LogP contribution in [-0.4, -0.2) is 40.5 Å². The van der Waals surface area contributed by atoms with Gasteiger partial charge in [-0.2, -0.15) is 12.6 Å². The van der Waals surface area contributed by atoms with Crippen LogP contribution in [0.15, 0.2) is 0 Å². The van der Waals surface area contributed by atoms with Crippen LogP contribution >= 0.6 is 12.6 Å². The standard InChI is InChI=1S/C13H22N2O3S/c1-9(2)14-11(16)6-4-3-5-7-15-12(17)8-10(19)13(15)18/h9-10,19H,3-8H2,1-2H3,(H,14,16). The van der Waals surface area contributed by atoms with Gasteiger partial charge in [0.25, 0.3) is 0 Å². The third kappa shape index (κ3) is 5.22. The number of nitrogens with zero attached hydrogens (tertiary/aromatic N) is 1. The summed E-state index contributed by atoms with van der Waals surface area (Å²) in [4.78, 5) is 35.7. The molecule has 1 fully saturated rings. The summed E-state index contributed by atoms with van der Waals surface area (Å²) in [5.41, 5.74) is 0. The van der Waals surface area contributed by atoms with Gasteiger partial charge in [0, 0.05) is 25.4 Å². The molecule has 1 rings (SSSR count). The molecule has 5 nitrogen and oxygen atoms in total. The highest BCUT2D eigenvalue weighted by atomic mass is 32.1. The van der Waals surface area contributed by atoms with Gasteiger partial charge < -0.3 is 5.32 Å². The topological polar surface area (TPSA) is 66.5 Å². The highest BCUT2D eigenvalue weighted by molar-refractivity contribution is 7.81. The molecule has 0 spiro atoms. The second kappa shape index (κ2) is 7.53. The lowest BCUT2D eigenvalue weighted by molar-refractivity contribution is -0.138. The number of imide groups is 1. The molecule has 1 atom stereocenters. The van der Waals surface area contributed by atoms with Gasteiger partial charge in [0.2, 0.25) is 17.7 Å². The van der Waals surface area contributed by atoms with E-state index in [0.717, 1.165) is 19.3 Å². The number of unbranched alkanes of at least 4 members (excludes halogenated alkanes) is 2. The summed E-state index contributed by atoms with van der Waals surface area (Å²) in [6, 6.07) is 0.166. The molecular formula is C13H22N2O3S. The number of amides is 3. The van der Waals surface area contributed by atoms with E-state index in [9.17, 15) is 14.4 Å². The number of carbonyl (C=O) groups excluding carboxylic acids is 3. The van der Waals surface area contributed by atoms with E-state index in [1.807, 2.05) is 13.8 Å².